The summed E-state index contributed by atoms with van der Waals surface area (Å²) in [5.41, 5.74) is 2.81. The molecule has 1 amide bonds. The second-order valence-electron chi connectivity index (χ2n) is 9.19. The van der Waals surface area contributed by atoms with E-state index in [1.165, 1.54) is 7.11 Å². The van der Waals surface area contributed by atoms with Crippen molar-refractivity contribution < 1.29 is 14.3 Å². The topological polar surface area (TPSA) is 123 Å². The van der Waals surface area contributed by atoms with Crippen LogP contribution in [0.2, 0.25) is 0 Å². The van der Waals surface area contributed by atoms with E-state index in [0.29, 0.717) is 43.5 Å². The highest BCUT2D eigenvalue weighted by Gasteiger charge is 2.50. The fraction of sp³-hybridized carbons (Fsp3) is 0.321. The Balaban J connectivity index is 1.68. The van der Waals surface area contributed by atoms with Gasteiger partial charge in [0.05, 0.1) is 48.5 Å². The number of hydrogen-bond acceptors (Lipinski definition) is 6. The highest BCUT2D eigenvalue weighted by atomic mass is 16.5. The maximum absolute atomic E-state index is 13.4. The number of nitriles is 2. The number of carbonyl (C=O) groups excluding carboxylic acids is 2. The Labute approximate surface area is 210 Å². The zero-order valence-electron chi connectivity index (χ0n) is 20.1. The Morgan fingerprint density at radius 1 is 1.14 bits per heavy atom. The number of hydrogen-bond donors (Lipinski definition) is 1. The second kappa shape index (κ2) is 10.9. The standard InChI is InChI=1S/C28H27N5O3/c1-36-27(35)28(14-22-3-2-4-23(11-22)16-30)9-10-33(26(34)13-25-17-31-19-32-25)18-24(28)12-20-5-7-21(15-29)8-6-20/h2-8,11,17,19,24H,9-10,12-14,18H2,1H3,(H,31,32). The molecule has 8 nitrogen and oxygen atoms in total. The molecule has 3 aromatic rings. The molecule has 2 aromatic carbocycles. The Bertz CT molecular complexity index is 1300. The van der Waals surface area contributed by atoms with Crippen molar-refractivity contribution in [2.45, 2.75) is 25.7 Å². The number of amides is 1. The Hall–Kier alpha value is -4.43. The number of H-pyrrole nitrogens is 1. The number of aromatic nitrogens is 2. The van der Waals surface area contributed by atoms with Crippen molar-refractivity contribution in [3.05, 3.63) is 89.0 Å². The first-order valence-corrected chi connectivity index (χ1v) is 11.8. The molecule has 0 aliphatic carbocycles. The van der Waals surface area contributed by atoms with Crippen LogP contribution in [-0.2, 0) is 33.6 Å². The first-order chi connectivity index (χ1) is 17.5. The minimum atomic E-state index is -0.874. The van der Waals surface area contributed by atoms with Crippen molar-refractivity contribution in [3.8, 4) is 12.1 Å². The molecule has 2 unspecified atom stereocenters. The normalized spacial score (nSPS) is 19.2. The van der Waals surface area contributed by atoms with Crippen molar-refractivity contribution in [3.63, 3.8) is 0 Å². The van der Waals surface area contributed by atoms with Crippen molar-refractivity contribution in [2.24, 2.45) is 11.3 Å². The molecule has 2 heterocycles. The molecule has 0 saturated carbocycles. The maximum atomic E-state index is 13.4. The van der Waals surface area contributed by atoms with Gasteiger partial charge in [-0.05, 0) is 60.6 Å². The van der Waals surface area contributed by atoms with Gasteiger partial charge >= 0.3 is 5.97 Å². The number of imidazole rings is 1. The van der Waals surface area contributed by atoms with Crippen LogP contribution < -0.4 is 0 Å². The minimum absolute atomic E-state index is 0.0333. The third-order valence-electron chi connectivity index (χ3n) is 7.03. The van der Waals surface area contributed by atoms with Gasteiger partial charge in [-0.15, -0.1) is 0 Å². The van der Waals surface area contributed by atoms with Gasteiger partial charge < -0.3 is 14.6 Å². The number of nitrogens with one attached hydrogen (secondary N) is 1. The summed E-state index contributed by atoms with van der Waals surface area (Å²) in [6.45, 7) is 0.809. The lowest BCUT2D eigenvalue weighted by Gasteiger charge is -2.46. The molecular weight excluding hydrogens is 454 g/mol. The number of likely N-dealkylation sites (tertiary alicyclic amines) is 1. The number of esters is 1. The number of rotatable bonds is 7. The fourth-order valence-electron chi connectivity index (χ4n) is 5.11. The predicted octanol–water partition coefficient (Wildman–Crippen LogP) is 3.19. The molecule has 1 aromatic heterocycles. The SMILES string of the molecule is COC(=O)C1(Cc2cccc(C#N)c2)CCN(C(=O)Cc2cnc[nH]2)CC1Cc1ccc(C#N)cc1. The lowest BCUT2D eigenvalue weighted by atomic mass is 9.64. The quantitative estimate of drug-likeness (QED) is 0.517. The first-order valence-electron chi connectivity index (χ1n) is 11.8. The predicted molar refractivity (Wildman–Crippen MR) is 131 cm³/mol. The summed E-state index contributed by atoms with van der Waals surface area (Å²) in [5, 5.41) is 18.5. The van der Waals surface area contributed by atoms with Gasteiger partial charge in [-0.3, -0.25) is 9.59 Å². The van der Waals surface area contributed by atoms with Crippen LogP contribution in [0.3, 0.4) is 0 Å². The maximum Gasteiger partial charge on any atom is 0.312 e. The van der Waals surface area contributed by atoms with E-state index in [2.05, 4.69) is 22.1 Å². The second-order valence-corrected chi connectivity index (χ2v) is 9.19. The minimum Gasteiger partial charge on any atom is -0.469 e. The third kappa shape index (κ3) is 5.29. The molecule has 1 saturated heterocycles. The van der Waals surface area contributed by atoms with Crippen LogP contribution in [0, 0.1) is 34.0 Å². The number of carbonyl (C=O) groups is 2. The zero-order valence-corrected chi connectivity index (χ0v) is 20.1. The van der Waals surface area contributed by atoms with Gasteiger partial charge in [0, 0.05) is 25.0 Å². The third-order valence-corrected chi connectivity index (χ3v) is 7.03. The van der Waals surface area contributed by atoms with Gasteiger partial charge in [-0.25, -0.2) is 4.98 Å². The van der Waals surface area contributed by atoms with Gasteiger partial charge in [-0.2, -0.15) is 10.5 Å². The van der Waals surface area contributed by atoms with E-state index in [-0.39, 0.29) is 24.2 Å². The first kappa shape index (κ1) is 24.7. The highest BCUT2D eigenvalue weighted by Crippen LogP contribution is 2.43. The van der Waals surface area contributed by atoms with E-state index in [1.54, 1.807) is 36.8 Å². The van der Waals surface area contributed by atoms with Gasteiger partial charge in [0.2, 0.25) is 5.91 Å². The molecular formula is C28H27N5O3. The average Bonchev–Trinajstić information content (AvgIpc) is 3.42. The highest BCUT2D eigenvalue weighted by molar-refractivity contribution is 5.81. The molecule has 1 fully saturated rings. The van der Waals surface area contributed by atoms with E-state index >= 15 is 0 Å². The van der Waals surface area contributed by atoms with Crippen LogP contribution >= 0.6 is 0 Å². The molecule has 36 heavy (non-hydrogen) atoms. The smallest absolute Gasteiger partial charge is 0.312 e. The zero-order chi connectivity index (χ0) is 25.5. The number of aromatic amines is 1. The molecule has 0 radical (unpaired) electrons. The van der Waals surface area contributed by atoms with Crippen molar-refractivity contribution >= 4 is 11.9 Å². The summed E-state index contributed by atoms with van der Waals surface area (Å²) in [6, 6.07) is 18.9. The number of benzene rings is 2. The van der Waals surface area contributed by atoms with Gasteiger partial charge in [0.15, 0.2) is 0 Å². The summed E-state index contributed by atoms with van der Waals surface area (Å²) in [7, 11) is 1.39. The summed E-state index contributed by atoms with van der Waals surface area (Å²) in [4.78, 5) is 35.3. The van der Waals surface area contributed by atoms with Gasteiger partial charge in [0.1, 0.15) is 0 Å². The molecule has 4 rings (SSSR count). The summed E-state index contributed by atoms with van der Waals surface area (Å²) < 4.78 is 5.34. The van der Waals surface area contributed by atoms with Crippen LogP contribution in [0.25, 0.3) is 0 Å². The van der Waals surface area contributed by atoms with Crippen LogP contribution in [0.1, 0.15) is 34.4 Å². The van der Waals surface area contributed by atoms with E-state index in [0.717, 1.165) is 16.8 Å². The van der Waals surface area contributed by atoms with E-state index < -0.39 is 5.41 Å². The lowest BCUT2D eigenvalue weighted by Crippen LogP contribution is -2.55. The summed E-state index contributed by atoms with van der Waals surface area (Å²) in [6.07, 6.45) is 4.76. The Morgan fingerprint density at radius 3 is 2.58 bits per heavy atom. The van der Waals surface area contributed by atoms with E-state index in [9.17, 15) is 14.9 Å². The average molecular weight is 482 g/mol. The molecule has 1 N–H and O–H groups in total. The van der Waals surface area contributed by atoms with E-state index in [4.69, 9.17) is 10.00 Å². The molecule has 0 spiro atoms. The number of ether oxygens (including phenoxy) is 1. The summed E-state index contributed by atoms with van der Waals surface area (Å²) in [5.74, 6) is -0.582. The molecule has 8 heteroatoms. The van der Waals surface area contributed by atoms with Gasteiger partial charge in [0.25, 0.3) is 0 Å². The monoisotopic (exact) mass is 481 g/mol. The molecule has 182 valence electrons. The van der Waals surface area contributed by atoms with Crippen LogP contribution in [-0.4, -0.2) is 46.9 Å². The van der Waals surface area contributed by atoms with Crippen LogP contribution in [0.5, 0.6) is 0 Å². The van der Waals surface area contributed by atoms with Gasteiger partial charge in [-0.1, -0.05) is 24.3 Å². The lowest BCUT2D eigenvalue weighted by molar-refractivity contribution is -0.163. The number of piperidine rings is 1. The molecule has 2 atom stereocenters. The van der Waals surface area contributed by atoms with Crippen molar-refractivity contribution in [1.29, 1.82) is 10.5 Å². The molecule has 1 aliphatic heterocycles. The van der Waals surface area contributed by atoms with Crippen LogP contribution in [0.4, 0.5) is 0 Å². The molecule has 1 aliphatic rings. The Kier molecular flexibility index (Phi) is 7.46. The largest absolute Gasteiger partial charge is 0.469 e. The number of methoxy groups -OCH3 is 1. The van der Waals surface area contributed by atoms with Crippen LogP contribution in [0.15, 0.2) is 61.1 Å². The fourth-order valence-corrected chi connectivity index (χ4v) is 5.11. The van der Waals surface area contributed by atoms with E-state index in [1.807, 2.05) is 29.2 Å². The number of nitrogens with zero attached hydrogens (tertiary/aromatic N) is 4. The molecule has 0 bridgehead atoms. The summed E-state index contributed by atoms with van der Waals surface area (Å²) >= 11 is 0. The van der Waals surface area contributed by atoms with Crippen molar-refractivity contribution in [2.75, 3.05) is 20.2 Å². The Morgan fingerprint density at radius 2 is 1.92 bits per heavy atom. The van der Waals surface area contributed by atoms with Crippen molar-refractivity contribution in [1.82, 2.24) is 14.9 Å².